The molecule has 1 aliphatic rings. The Kier molecular flexibility index (Phi) is 7.59. The molecule has 2 rings (SSSR count). The summed E-state index contributed by atoms with van der Waals surface area (Å²) in [6.45, 7) is 2.70. The van der Waals surface area contributed by atoms with E-state index in [-0.39, 0.29) is 11.8 Å². The first-order chi connectivity index (χ1) is 11.7. The van der Waals surface area contributed by atoms with E-state index >= 15 is 0 Å². The van der Waals surface area contributed by atoms with E-state index in [1.54, 1.807) is 24.3 Å². The maximum absolute atomic E-state index is 12.0. The molecule has 1 fully saturated rings. The van der Waals surface area contributed by atoms with Gasteiger partial charge in [-0.3, -0.25) is 20.4 Å². The van der Waals surface area contributed by atoms with E-state index in [2.05, 4.69) is 10.9 Å². The summed E-state index contributed by atoms with van der Waals surface area (Å²) in [5, 5.41) is 0. The van der Waals surface area contributed by atoms with E-state index in [0.29, 0.717) is 24.5 Å². The quantitative estimate of drug-likeness (QED) is 0.750. The molecule has 0 bridgehead atoms. The van der Waals surface area contributed by atoms with Crippen molar-refractivity contribution in [3.8, 4) is 5.75 Å². The molecule has 5 heteroatoms. The van der Waals surface area contributed by atoms with E-state index in [4.69, 9.17) is 4.74 Å². The molecule has 2 N–H and O–H groups in total. The van der Waals surface area contributed by atoms with Gasteiger partial charge in [0.25, 0.3) is 5.91 Å². The van der Waals surface area contributed by atoms with Crippen LogP contribution in [-0.2, 0) is 4.79 Å². The predicted octanol–water partition coefficient (Wildman–Crippen LogP) is 3.60. The fraction of sp³-hybridized carbons (Fsp3) is 0.579. The smallest absolute Gasteiger partial charge is 0.269 e. The van der Waals surface area contributed by atoms with E-state index in [1.165, 1.54) is 32.1 Å². The van der Waals surface area contributed by atoms with Gasteiger partial charge in [-0.2, -0.15) is 0 Å². The van der Waals surface area contributed by atoms with Crippen molar-refractivity contribution in [1.29, 1.82) is 0 Å². The van der Waals surface area contributed by atoms with Crippen LogP contribution in [0.3, 0.4) is 0 Å². The van der Waals surface area contributed by atoms with Crippen LogP contribution < -0.4 is 15.6 Å². The Labute approximate surface area is 144 Å². The summed E-state index contributed by atoms with van der Waals surface area (Å²) < 4.78 is 5.48. The Morgan fingerprint density at radius 1 is 1.08 bits per heavy atom. The first-order valence-corrected chi connectivity index (χ1v) is 9.01. The van der Waals surface area contributed by atoms with Crippen LogP contribution >= 0.6 is 0 Å². The van der Waals surface area contributed by atoms with Gasteiger partial charge in [0.15, 0.2) is 0 Å². The highest BCUT2D eigenvalue weighted by Crippen LogP contribution is 2.27. The molecule has 1 aliphatic carbocycles. The van der Waals surface area contributed by atoms with Crippen molar-refractivity contribution in [2.75, 3.05) is 6.61 Å². The van der Waals surface area contributed by atoms with Gasteiger partial charge in [0.1, 0.15) is 5.75 Å². The summed E-state index contributed by atoms with van der Waals surface area (Å²) in [6.07, 6.45) is 8.65. The van der Waals surface area contributed by atoms with Crippen LogP contribution in [0.15, 0.2) is 24.3 Å². The number of rotatable bonds is 7. The molecule has 0 aliphatic heterocycles. The number of nitrogens with one attached hydrogen (secondary N) is 2. The van der Waals surface area contributed by atoms with Crippen LogP contribution in [0.25, 0.3) is 0 Å². The number of ether oxygens (including phenoxy) is 1. The van der Waals surface area contributed by atoms with Gasteiger partial charge in [-0.1, -0.05) is 39.0 Å². The lowest BCUT2D eigenvalue weighted by Gasteiger charge is -2.21. The number of benzene rings is 1. The molecule has 1 aromatic rings. The molecule has 132 valence electrons. The minimum atomic E-state index is -0.317. The number of amides is 2. The second-order valence-corrected chi connectivity index (χ2v) is 6.42. The summed E-state index contributed by atoms with van der Waals surface area (Å²) in [5.74, 6) is 0.959. The highest BCUT2D eigenvalue weighted by atomic mass is 16.5. The first kappa shape index (κ1) is 18.3. The molecule has 0 aromatic heterocycles. The van der Waals surface area contributed by atoms with Gasteiger partial charge in [-0.05, 0) is 43.0 Å². The van der Waals surface area contributed by atoms with Crippen LogP contribution in [0.5, 0.6) is 5.75 Å². The summed E-state index contributed by atoms with van der Waals surface area (Å²) >= 11 is 0. The average Bonchev–Trinajstić information content (AvgIpc) is 2.64. The van der Waals surface area contributed by atoms with Gasteiger partial charge in [0, 0.05) is 12.0 Å². The zero-order valence-corrected chi connectivity index (χ0v) is 14.5. The minimum absolute atomic E-state index is 0.128. The van der Waals surface area contributed by atoms with Gasteiger partial charge < -0.3 is 4.74 Å². The minimum Gasteiger partial charge on any atom is -0.494 e. The lowest BCUT2D eigenvalue weighted by Crippen LogP contribution is -2.41. The van der Waals surface area contributed by atoms with Crippen molar-refractivity contribution in [3.05, 3.63) is 29.8 Å². The highest BCUT2D eigenvalue weighted by Gasteiger charge is 2.15. The van der Waals surface area contributed by atoms with Gasteiger partial charge in [0.05, 0.1) is 6.61 Å². The van der Waals surface area contributed by atoms with Crippen molar-refractivity contribution in [2.45, 2.75) is 58.3 Å². The molecule has 0 atom stereocenters. The van der Waals surface area contributed by atoms with Crippen molar-refractivity contribution < 1.29 is 14.3 Å². The Hall–Kier alpha value is -2.04. The number of carbonyl (C=O) groups excluding carboxylic acids is 2. The molecule has 24 heavy (non-hydrogen) atoms. The molecule has 0 unspecified atom stereocenters. The zero-order chi connectivity index (χ0) is 17.2. The summed E-state index contributed by atoms with van der Waals surface area (Å²) in [4.78, 5) is 23.9. The van der Waals surface area contributed by atoms with E-state index in [0.717, 1.165) is 18.6 Å². The second-order valence-electron chi connectivity index (χ2n) is 6.42. The largest absolute Gasteiger partial charge is 0.494 e. The molecule has 0 heterocycles. The van der Waals surface area contributed by atoms with Gasteiger partial charge >= 0.3 is 0 Å². The Morgan fingerprint density at radius 2 is 1.79 bits per heavy atom. The molecular formula is C19H28N2O3. The van der Waals surface area contributed by atoms with E-state index < -0.39 is 0 Å². The third-order valence-electron chi connectivity index (χ3n) is 4.41. The van der Waals surface area contributed by atoms with E-state index in [9.17, 15) is 9.59 Å². The molecule has 0 spiro atoms. The summed E-state index contributed by atoms with van der Waals surface area (Å²) in [7, 11) is 0. The summed E-state index contributed by atoms with van der Waals surface area (Å²) in [5.41, 5.74) is 5.46. The molecule has 1 saturated carbocycles. The van der Waals surface area contributed by atoms with Crippen molar-refractivity contribution in [3.63, 3.8) is 0 Å². The van der Waals surface area contributed by atoms with E-state index in [1.807, 2.05) is 6.92 Å². The predicted molar refractivity (Wildman–Crippen MR) is 93.6 cm³/mol. The Balaban J connectivity index is 1.68. The molecule has 0 saturated heterocycles. The zero-order valence-electron chi connectivity index (χ0n) is 14.5. The van der Waals surface area contributed by atoms with Crippen LogP contribution in [-0.4, -0.2) is 18.4 Å². The third-order valence-corrected chi connectivity index (χ3v) is 4.41. The summed E-state index contributed by atoms with van der Waals surface area (Å²) in [6, 6.07) is 6.90. The molecular weight excluding hydrogens is 304 g/mol. The standard InChI is InChI=1S/C19H28N2O3/c1-2-14-24-17-11-9-16(10-12-17)19(23)21-20-18(22)13-8-15-6-4-3-5-7-15/h9-12,15H,2-8,13-14H2,1H3,(H,20,22)(H,21,23). The normalized spacial score (nSPS) is 14.9. The van der Waals surface area contributed by atoms with Gasteiger partial charge in [0.2, 0.25) is 5.91 Å². The second kappa shape index (κ2) is 9.96. The number of carbonyl (C=O) groups is 2. The lowest BCUT2D eigenvalue weighted by molar-refractivity contribution is -0.122. The van der Waals surface area contributed by atoms with Crippen LogP contribution in [0.4, 0.5) is 0 Å². The van der Waals surface area contributed by atoms with Crippen LogP contribution in [0.1, 0.15) is 68.6 Å². The Morgan fingerprint density at radius 3 is 2.46 bits per heavy atom. The molecule has 5 nitrogen and oxygen atoms in total. The third kappa shape index (κ3) is 6.22. The van der Waals surface area contributed by atoms with Crippen molar-refractivity contribution in [2.24, 2.45) is 5.92 Å². The van der Waals surface area contributed by atoms with Gasteiger partial charge in [-0.15, -0.1) is 0 Å². The maximum Gasteiger partial charge on any atom is 0.269 e. The SMILES string of the molecule is CCCOc1ccc(C(=O)NNC(=O)CCC2CCCCC2)cc1. The number of hydrogen-bond acceptors (Lipinski definition) is 3. The number of hydrazine groups is 1. The monoisotopic (exact) mass is 332 g/mol. The fourth-order valence-electron chi connectivity index (χ4n) is 2.99. The highest BCUT2D eigenvalue weighted by molar-refractivity contribution is 5.95. The molecule has 0 radical (unpaired) electrons. The maximum atomic E-state index is 12.0. The van der Waals surface area contributed by atoms with Crippen LogP contribution in [0.2, 0.25) is 0 Å². The van der Waals surface area contributed by atoms with Crippen molar-refractivity contribution in [1.82, 2.24) is 10.9 Å². The van der Waals surface area contributed by atoms with Crippen molar-refractivity contribution >= 4 is 11.8 Å². The number of hydrogen-bond donors (Lipinski definition) is 2. The fourth-order valence-corrected chi connectivity index (χ4v) is 2.99. The molecule has 1 aromatic carbocycles. The van der Waals surface area contributed by atoms with Gasteiger partial charge in [-0.25, -0.2) is 0 Å². The topological polar surface area (TPSA) is 67.4 Å². The molecule has 2 amide bonds. The Bertz CT molecular complexity index is 522. The average molecular weight is 332 g/mol. The lowest BCUT2D eigenvalue weighted by atomic mass is 9.86. The van der Waals surface area contributed by atoms with Crippen LogP contribution in [0, 0.1) is 5.92 Å². The first-order valence-electron chi connectivity index (χ1n) is 9.01.